The van der Waals surface area contributed by atoms with E-state index in [0.29, 0.717) is 5.56 Å². The normalized spacial score (nSPS) is 15.8. The van der Waals surface area contributed by atoms with Gasteiger partial charge in [0.1, 0.15) is 18.6 Å². The number of Topliss-reactive ketones (excluding diaryl/α,β-unsaturated/α-hetero) is 2. The maximum Gasteiger partial charge on any atom is 0.339 e. The van der Waals surface area contributed by atoms with E-state index in [1.54, 1.807) is 6.07 Å². The molecular weight excluding hydrogens is 408 g/mol. The van der Waals surface area contributed by atoms with Gasteiger partial charge in [-0.05, 0) is 54.5 Å². The summed E-state index contributed by atoms with van der Waals surface area (Å²) >= 11 is 0. The average molecular weight is 437 g/mol. The van der Waals surface area contributed by atoms with E-state index < -0.39 is 28.9 Å². The Labute approximate surface area is 188 Å². The van der Waals surface area contributed by atoms with Crippen molar-refractivity contribution < 1.29 is 28.7 Å². The molecule has 1 aliphatic carbocycles. The van der Waals surface area contributed by atoms with Crippen LogP contribution in [-0.4, -0.2) is 36.7 Å². The molecule has 0 aliphatic heterocycles. The summed E-state index contributed by atoms with van der Waals surface area (Å²) < 4.78 is 10.4. The molecule has 0 saturated carbocycles. The smallest absolute Gasteiger partial charge is 0.339 e. The Morgan fingerprint density at radius 2 is 1.47 bits per heavy atom. The van der Waals surface area contributed by atoms with Gasteiger partial charge in [-0.3, -0.25) is 9.59 Å². The van der Waals surface area contributed by atoms with Crippen LogP contribution in [0.3, 0.4) is 0 Å². The number of carbonyl (C=O) groups is 4. The molecule has 0 bridgehead atoms. The number of rotatable bonds is 10. The number of hydrogen-bond acceptors (Lipinski definition) is 6. The van der Waals surface area contributed by atoms with E-state index >= 15 is 0 Å². The van der Waals surface area contributed by atoms with Gasteiger partial charge in [-0.1, -0.05) is 51.5 Å². The molecule has 0 heterocycles. The van der Waals surface area contributed by atoms with Crippen molar-refractivity contribution >= 4 is 23.5 Å². The summed E-state index contributed by atoms with van der Waals surface area (Å²) in [6.07, 6.45) is 2.89. The van der Waals surface area contributed by atoms with Crippen LogP contribution in [0.1, 0.15) is 65.0 Å². The lowest BCUT2D eigenvalue weighted by Crippen LogP contribution is -2.44. The zero-order chi connectivity index (χ0) is 24.2. The van der Waals surface area contributed by atoms with E-state index in [4.69, 9.17) is 9.47 Å². The fourth-order valence-corrected chi connectivity index (χ4v) is 4.21. The molecular formula is C26H28O6. The molecule has 6 heteroatoms. The molecule has 0 aromatic heterocycles. The standard InChI is InChI=1S/C26H28O6/c1-8-12-31-24(29)19-11-10-18-17(7)14-26(22(27)15(3)4,23(28)16(5)6)21(18)20(19)25(30)32-13-9-2/h8-11,17H,1-3,5,12-14H2,4,6-7H3. The summed E-state index contributed by atoms with van der Waals surface area (Å²) in [7, 11) is 0. The summed E-state index contributed by atoms with van der Waals surface area (Å²) in [6.45, 7) is 19.2. The molecule has 32 heavy (non-hydrogen) atoms. The fourth-order valence-electron chi connectivity index (χ4n) is 4.21. The van der Waals surface area contributed by atoms with Crippen LogP contribution in [-0.2, 0) is 24.5 Å². The van der Waals surface area contributed by atoms with E-state index in [-0.39, 0.29) is 53.4 Å². The van der Waals surface area contributed by atoms with Crippen LogP contribution in [0.15, 0.2) is 61.7 Å². The number of ether oxygens (including phenoxy) is 2. The second kappa shape index (κ2) is 9.73. The number of carbonyl (C=O) groups excluding carboxylic acids is 4. The first-order valence-corrected chi connectivity index (χ1v) is 10.2. The SMILES string of the molecule is C=CCOC(=O)c1ccc2c(c1C(=O)OCC=C)C(C(=O)C(=C)C)(C(=O)C(=C)C)CC2C. The van der Waals surface area contributed by atoms with Gasteiger partial charge in [0.05, 0.1) is 11.1 Å². The second-order valence-corrected chi connectivity index (χ2v) is 7.96. The Morgan fingerprint density at radius 1 is 0.969 bits per heavy atom. The molecule has 1 aromatic rings. The third-order valence-electron chi connectivity index (χ3n) is 5.45. The summed E-state index contributed by atoms with van der Waals surface area (Å²) in [4.78, 5) is 53.0. The highest BCUT2D eigenvalue weighted by molar-refractivity contribution is 6.25. The number of fused-ring (bicyclic) bond motifs is 1. The molecule has 0 radical (unpaired) electrons. The largest absolute Gasteiger partial charge is 0.458 e. The predicted molar refractivity (Wildman–Crippen MR) is 122 cm³/mol. The molecule has 6 nitrogen and oxygen atoms in total. The van der Waals surface area contributed by atoms with Gasteiger partial charge >= 0.3 is 11.9 Å². The molecule has 1 aromatic carbocycles. The Bertz CT molecular complexity index is 1020. The van der Waals surface area contributed by atoms with Gasteiger partial charge in [0, 0.05) is 0 Å². The predicted octanol–water partition coefficient (Wildman–Crippen LogP) is 4.41. The van der Waals surface area contributed by atoms with Crippen molar-refractivity contribution in [2.75, 3.05) is 13.2 Å². The minimum Gasteiger partial charge on any atom is -0.458 e. The van der Waals surface area contributed by atoms with E-state index in [9.17, 15) is 19.2 Å². The van der Waals surface area contributed by atoms with Gasteiger partial charge in [0.2, 0.25) is 0 Å². The number of esters is 2. The fraction of sp³-hybridized carbons (Fsp3) is 0.308. The monoisotopic (exact) mass is 436 g/mol. The highest BCUT2D eigenvalue weighted by Gasteiger charge is 2.56. The van der Waals surface area contributed by atoms with Crippen molar-refractivity contribution in [2.45, 2.75) is 38.5 Å². The van der Waals surface area contributed by atoms with Crippen LogP contribution in [0.25, 0.3) is 0 Å². The molecule has 0 spiro atoms. The molecule has 0 saturated heterocycles. The highest BCUT2D eigenvalue weighted by Crippen LogP contribution is 2.51. The lowest BCUT2D eigenvalue weighted by atomic mass is 9.68. The summed E-state index contributed by atoms with van der Waals surface area (Å²) in [5.41, 5.74) is -0.902. The number of hydrogen-bond donors (Lipinski definition) is 0. The molecule has 168 valence electrons. The molecule has 1 atom stereocenters. The van der Waals surface area contributed by atoms with Gasteiger partial charge in [-0.25, -0.2) is 9.59 Å². The van der Waals surface area contributed by atoms with Crippen LogP contribution in [0.2, 0.25) is 0 Å². The third-order valence-corrected chi connectivity index (χ3v) is 5.45. The van der Waals surface area contributed by atoms with Crippen molar-refractivity contribution in [3.8, 4) is 0 Å². The molecule has 2 rings (SSSR count). The van der Waals surface area contributed by atoms with Crippen LogP contribution in [0.4, 0.5) is 0 Å². The zero-order valence-corrected chi connectivity index (χ0v) is 18.8. The van der Waals surface area contributed by atoms with E-state index in [1.165, 1.54) is 32.1 Å². The number of benzene rings is 1. The summed E-state index contributed by atoms with van der Waals surface area (Å²) in [5, 5.41) is 0. The van der Waals surface area contributed by atoms with Gasteiger partial charge in [0.25, 0.3) is 0 Å². The van der Waals surface area contributed by atoms with E-state index in [2.05, 4.69) is 26.3 Å². The number of allylic oxidation sites excluding steroid dienone is 2. The highest BCUT2D eigenvalue weighted by atomic mass is 16.5. The lowest BCUT2D eigenvalue weighted by Gasteiger charge is -2.30. The van der Waals surface area contributed by atoms with Crippen LogP contribution in [0.5, 0.6) is 0 Å². The Hall–Kier alpha value is -3.54. The van der Waals surface area contributed by atoms with Crippen molar-refractivity contribution in [3.63, 3.8) is 0 Å². The Kier molecular flexibility index (Phi) is 7.52. The van der Waals surface area contributed by atoms with Crippen molar-refractivity contribution in [1.29, 1.82) is 0 Å². The zero-order valence-electron chi connectivity index (χ0n) is 18.8. The van der Waals surface area contributed by atoms with Crippen molar-refractivity contribution in [1.82, 2.24) is 0 Å². The Balaban J connectivity index is 2.97. The maximum absolute atomic E-state index is 13.5. The first kappa shape index (κ1) is 24.7. The first-order valence-electron chi connectivity index (χ1n) is 10.2. The van der Waals surface area contributed by atoms with Crippen LogP contribution < -0.4 is 0 Å². The van der Waals surface area contributed by atoms with E-state index in [0.717, 1.165) is 0 Å². The first-order chi connectivity index (χ1) is 15.0. The van der Waals surface area contributed by atoms with Gasteiger partial charge in [-0.2, -0.15) is 0 Å². The molecule has 1 unspecified atom stereocenters. The molecule has 1 aliphatic rings. The average Bonchev–Trinajstić information content (AvgIpc) is 3.07. The molecule has 0 N–H and O–H groups in total. The lowest BCUT2D eigenvalue weighted by molar-refractivity contribution is -0.131. The van der Waals surface area contributed by atoms with Gasteiger partial charge in [0.15, 0.2) is 11.6 Å². The summed E-state index contributed by atoms with van der Waals surface area (Å²) in [5.74, 6) is -2.94. The van der Waals surface area contributed by atoms with E-state index in [1.807, 2.05) is 6.92 Å². The molecule has 0 amide bonds. The third kappa shape index (κ3) is 4.13. The maximum atomic E-state index is 13.5. The minimum absolute atomic E-state index is 0.0754. The second-order valence-electron chi connectivity index (χ2n) is 7.96. The topological polar surface area (TPSA) is 86.7 Å². The Morgan fingerprint density at radius 3 is 1.94 bits per heavy atom. The van der Waals surface area contributed by atoms with Gasteiger partial charge < -0.3 is 9.47 Å². The molecule has 0 fully saturated rings. The quantitative estimate of drug-likeness (QED) is 0.234. The van der Waals surface area contributed by atoms with Gasteiger partial charge in [-0.15, -0.1) is 0 Å². The number of ketones is 2. The van der Waals surface area contributed by atoms with Crippen LogP contribution in [0, 0.1) is 0 Å². The van der Waals surface area contributed by atoms with Crippen molar-refractivity contribution in [3.05, 3.63) is 84.0 Å². The van der Waals surface area contributed by atoms with Crippen LogP contribution >= 0.6 is 0 Å². The van der Waals surface area contributed by atoms with Crippen molar-refractivity contribution in [2.24, 2.45) is 0 Å². The minimum atomic E-state index is -1.73. The summed E-state index contributed by atoms with van der Waals surface area (Å²) in [6, 6.07) is 3.10.